The molecule has 98 valence electrons. The van der Waals surface area contributed by atoms with Crippen molar-refractivity contribution in [2.75, 3.05) is 13.1 Å². The second kappa shape index (κ2) is 4.89. The van der Waals surface area contributed by atoms with Crippen molar-refractivity contribution in [3.8, 4) is 0 Å². The molecule has 2 atom stereocenters. The smallest absolute Gasteiger partial charge is 0.0774 e. The lowest BCUT2D eigenvalue weighted by Crippen LogP contribution is -2.47. The molecule has 0 spiro atoms. The summed E-state index contributed by atoms with van der Waals surface area (Å²) in [4.78, 5) is 2.63. The Morgan fingerprint density at radius 2 is 1.71 bits per heavy atom. The maximum absolute atomic E-state index is 10.7. The third kappa shape index (κ3) is 2.53. The fraction of sp³-hybridized carbons (Fsp3) is 1.00. The van der Waals surface area contributed by atoms with E-state index in [2.05, 4.69) is 4.90 Å². The van der Waals surface area contributed by atoms with E-state index in [0.29, 0.717) is 0 Å². The third-order valence-electron chi connectivity index (χ3n) is 5.41. The van der Waals surface area contributed by atoms with Crippen molar-refractivity contribution in [2.24, 2.45) is 5.92 Å². The number of fused-ring (bicyclic) bond motifs is 1. The van der Waals surface area contributed by atoms with E-state index in [4.69, 9.17) is 0 Å². The van der Waals surface area contributed by atoms with Crippen LogP contribution in [0.25, 0.3) is 0 Å². The van der Waals surface area contributed by atoms with Crippen LogP contribution in [0.2, 0.25) is 0 Å². The summed E-state index contributed by atoms with van der Waals surface area (Å²) >= 11 is 0. The van der Waals surface area contributed by atoms with Gasteiger partial charge in [-0.15, -0.1) is 0 Å². The van der Waals surface area contributed by atoms with E-state index in [0.717, 1.165) is 31.3 Å². The summed E-state index contributed by atoms with van der Waals surface area (Å²) in [5.41, 5.74) is -0.343. The number of likely N-dealkylation sites (tertiary alicyclic amines) is 1. The maximum atomic E-state index is 10.7. The van der Waals surface area contributed by atoms with Crippen LogP contribution in [0.5, 0.6) is 0 Å². The number of rotatable bonds is 2. The Kier molecular flexibility index (Phi) is 3.45. The molecule has 17 heavy (non-hydrogen) atoms. The zero-order valence-electron chi connectivity index (χ0n) is 11.0. The summed E-state index contributed by atoms with van der Waals surface area (Å²) in [6, 6.07) is 0.815. The first kappa shape index (κ1) is 12.0. The van der Waals surface area contributed by atoms with Crippen LogP contribution in [0, 0.1) is 5.92 Å². The molecule has 2 nitrogen and oxygen atoms in total. The molecule has 1 heterocycles. The SMILES string of the molecule is OC1(CN2CCC3CCCCC32)CCCCC1. The van der Waals surface area contributed by atoms with E-state index in [1.807, 2.05) is 0 Å². The van der Waals surface area contributed by atoms with Crippen LogP contribution in [0.3, 0.4) is 0 Å². The van der Waals surface area contributed by atoms with Crippen LogP contribution in [0.4, 0.5) is 0 Å². The van der Waals surface area contributed by atoms with Gasteiger partial charge in [-0.1, -0.05) is 32.1 Å². The van der Waals surface area contributed by atoms with Gasteiger partial charge >= 0.3 is 0 Å². The van der Waals surface area contributed by atoms with Crippen molar-refractivity contribution in [3.63, 3.8) is 0 Å². The number of nitrogens with zero attached hydrogens (tertiary/aromatic N) is 1. The number of β-amino-alcohol motifs (C(OH)–C–C–N with tert-alkyl or cyclic N) is 1. The van der Waals surface area contributed by atoms with Crippen LogP contribution < -0.4 is 0 Å². The van der Waals surface area contributed by atoms with Gasteiger partial charge in [0.05, 0.1) is 5.60 Å². The van der Waals surface area contributed by atoms with Gasteiger partial charge in [0.1, 0.15) is 0 Å². The molecule has 3 fully saturated rings. The molecule has 3 rings (SSSR count). The van der Waals surface area contributed by atoms with Crippen molar-refractivity contribution in [1.29, 1.82) is 0 Å². The zero-order valence-corrected chi connectivity index (χ0v) is 11.0. The van der Waals surface area contributed by atoms with Gasteiger partial charge in [0, 0.05) is 12.6 Å². The van der Waals surface area contributed by atoms with Gasteiger partial charge in [0.2, 0.25) is 0 Å². The lowest BCUT2D eigenvalue weighted by molar-refractivity contribution is -0.0330. The molecule has 2 unspecified atom stereocenters. The Balaban J connectivity index is 1.61. The quantitative estimate of drug-likeness (QED) is 0.798. The second-order valence-corrected chi connectivity index (χ2v) is 6.66. The first-order chi connectivity index (χ1) is 8.27. The standard InChI is InChI=1S/C15H27NO/c17-15(9-4-1-5-10-15)12-16-11-8-13-6-2-3-7-14(13)16/h13-14,17H,1-12H2. The Morgan fingerprint density at radius 3 is 2.53 bits per heavy atom. The van der Waals surface area contributed by atoms with E-state index >= 15 is 0 Å². The molecule has 0 amide bonds. The lowest BCUT2D eigenvalue weighted by Gasteiger charge is -2.39. The number of hydrogen-bond acceptors (Lipinski definition) is 2. The third-order valence-corrected chi connectivity index (χ3v) is 5.41. The molecular formula is C15H27NO. The Labute approximate surface area is 105 Å². The van der Waals surface area contributed by atoms with E-state index in [1.165, 1.54) is 57.9 Å². The highest BCUT2D eigenvalue weighted by Gasteiger charge is 2.40. The summed E-state index contributed by atoms with van der Waals surface area (Å²) in [6.45, 7) is 2.21. The molecule has 1 aliphatic heterocycles. The summed E-state index contributed by atoms with van der Waals surface area (Å²) in [7, 11) is 0. The van der Waals surface area contributed by atoms with Crippen molar-refractivity contribution in [3.05, 3.63) is 0 Å². The molecular weight excluding hydrogens is 210 g/mol. The molecule has 0 aromatic rings. The van der Waals surface area contributed by atoms with E-state index in [9.17, 15) is 5.11 Å². The molecule has 3 aliphatic rings. The molecule has 1 N–H and O–H groups in total. The van der Waals surface area contributed by atoms with Crippen LogP contribution in [0.1, 0.15) is 64.2 Å². The van der Waals surface area contributed by atoms with Crippen molar-refractivity contribution >= 4 is 0 Å². The van der Waals surface area contributed by atoms with Gasteiger partial charge < -0.3 is 5.11 Å². The van der Waals surface area contributed by atoms with E-state index in [-0.39, 0.29) is 5.60 Å². The van der Waals surface area contributed by atoms with Crippen molar-refractivity contribution in [1.82, 2.24) is 4.90 Å². The minimum Gasteiger partial charge on any atom is -0.389 e. The highest BCUT2D eigenvalue weighted by molar-refractivity contribution is 4.94. The fourth-order valence-corrected chi connectivity index (χ4v) is 4.45. The van der Waals surface area contributed by atoms with Crippen molar-refractivity contribution in [2.45, 2.75) is 75.9 Å². The Morgan fingerprint density at radius 1 is 0.941 bits per heavy atom. The molecule has 0 radical (unpaired) electrons. The first-order valence-electron chi connectivity index (χ1n) is 7.73. The van der Waals surface area contributed by atoms with Crippen LogP contribution >= 0.6 is 0 Å². The monoisotopic (exact) mass is 237 g/mol. The average Bonchev–Trinajstić information content (AvgIpc) is 2.73. The van der Waals surface area contributed by atoms with Gasteiger partial charge in [-0.3, -0.25) is 4.90 Å². The zero-order chi connectivity index (χ0) is 11.7. The topological polar surface area (TPSA) is 23.5 Å². The van der Waals surface area contributed by atoms with Gasteiger partial charge in [0.15, 0.2) is 0 Å². The first-order valence-corrected chi connectivity index (χ1v) is 7.73. The van der Waals surface area contributed by atoms with E-state index < -0.39 is 0 Å². The number of hydrogen-bond donors (Lipinski definition) is 1. The van der Waals surface area contributed by atoms with Crippen molar-refractivity contribution < 1.29 is 5.11 Å². The predicted molar refractivity (Wildman–Crippen MR) is 70.0 cm³/mol. The molecule has 0 bridgehead atoms. The van der Waals surface area contributed by atoms with Gasteiger partial charge in [-0.25, -0.2) is 0 Å². The summed E-state index contributed by atoms with van der Waals surface area (Å²) < 4.78 is 0. The highest BCUT2D eigenvalue weighted by Crippen LogP contribution is 2.38. The number of aliphatic hydroxyl groups is 1. The minimum atomic E-state index is -0.343. The van der Waals surface area contributed by atoms with Crippen LogP contribution in [0.15, 0.2) is 0 Å². The summed E-state index contributed by atoms with van der Waals surface area (Å²) in [5, 5.41) is 10.7. The average molecular weight is 237 g/mol. The fourth-order valence-electron chi connectivity index (χ4n) is 4.45. The maximum Gasteiger partial charge on any atom is 0.0774 e. The molecule has 1 saturated heterocycles. The lowest BCUT2D eigenvalue weighted by atomic mass is 9.82. The van der Waals surface area contributed by atoms with Gasteiger partial charge in [0.25, 0.3) is 0 Å². The Bertz CT molecular complexity index is 260. The van der Waals surface area contributed by atoms with Crippen LogP contribution in [-0.2, 0) is 0 Å². The molecule has 0 aromatic carbocycles. The molecule has 0 aromatic heterocycles. The Hall–Kier alpha value is -0.0800. The second-order valence-electron chi connectivity index (χ2n) is 6.66. The highest BCUT2D eigenvalue weighted by atomic mass is 16.3. The summed E-state index contributed by atoms with van der Waals surface area (Å²) in [5.74, 6) is 0.955. The molecule has 2 saturated carbocycles. The largest absolute Gasteiger partial charge is 0.389 e. The summed E-state index contributed by atoms with van der Waals surface area (Å²) in [6.07, 6.45) is 13.0. The minimum absolute atomic E-state index is 0.343. The molecule has 2 heteroatoms. The van der Waals surface area contributed by atoms with Gasteiger partial charge in [-0.2, -0.15) is 0 Å². The molecule has 2 aliphatic carbocycles. The van der Waals surface area contributed by atoms with E-state index in [1.54, 1.807) is 0 Å². The van der Waals surface area contributed by atoms with Gasteiger partial charge in [-0.05, 0) is 44.6 Å². The van der Waals surface area contributed by atoms with Crippen LogP contribution in [-0.4, -0.2) is 34.7 Å². The normalized spacial score (nSPS) is 37.9. The predicted octanol–water partition coefficient (Wildman–Crippen LogP) is 2.95.